The van der Waals surface area contributed by atoms with E-state index in [0.717, 1.165) is 24.4 Å². The normalized spacial score (nSPS) is 17.5. The average Bonchev–Trinajstić information content (AvgIpc) is 3.25. The van der Waals surface area contributed by atoms with Gasteiger partial charge in [-0.15, -0.1) is 0 Å². The maximum Gasteiger partial charge on any atom is 0.0406 e. The van der Waals surface area contributed by atoms with Crippen molar-refractivity contribution in [1.82, 2.24) is 5.32 Å². The van der Waals surface area contributed by atoms with E-state index in [0.29, 0.717) is 17.4 Å². The highest BCUT2D eigenvalue weighted by atomic mass is 35.5. The van der Waals surface area contributed by atoms with Gasteiger partial charge in [0.1, 0.15) is 0 Å². The Bertz CT molecular complexity index is 951. The van der Waals surface area contributed by atoms with Gasteiger partial charge in [-0.25, -0.2) is 0 Å². The fourth-order valence-corrected chi connectivity index (χ4v) is 4.99. The lowest BCUT2D eigenvalue weighted by Crippen LogP contribution is -2.35. The number of hydrogen-bond donors (Lipinski definition) is 1. The van der Waals surface area contributed by atoms with Gasteiger partial charge < -0.3 is 5.32 Å². The van der Waals surface area contributed by atoms with Gasteiger partial charge in [0, 0.05) is 17.6 Å². The van der Waals surface area contributed by atoms with Gasteiger partial charge in [0.15, 0.2) is 0 Å². The Morgan fingerprint density at radius 2 is 1.67 bits per heavy atom. The maximum atomic E-state index is 5.99. The molecule has 2 atom stereocenters. The monoisotopic (exact) mass is 509 g/mol. The van der Waals surface area contributed by atoms with Crippen molar-refractivity contribution in [2.75, 3.05) is 6.54 Å². The molecule has 0 saturated heterocycles. The van der Waals surface area contributed by atoms with Crippen LogP contribution in [0.2, 0.25) is 5.02 Å². The lowest BCUT2D eigenvalue weighted by atomic mass is 9.88. The van der Waals surface area contributed by atoms with Crippen molar-refractivity contribution in [3.8, 4) is 0 Å². The third-order valence-electron chi connectivity index (χ3n) is 7.23. The van der Waals surface area contributed by atoms with Gasteiger partial charge in [-0.3, -0.25) is 0 Å². The van der Waals surface area contributed by atoms with Crippen molar-refractivity contribution in [2.45, 2.75) is 106 Å². The predicted octanol–water partition coefficient (Wildman–Crippen LogP) is 10.8. The topological polar surface area (TPSA) is 12.0 Å². The summed E-state index contributed by atoms with van der Waals surface area (Å²) in [4.78, 5) is 0. The molecule has 1 saturated carbocycles. The largest absolute Gasteiger partial charge is 0.313 e. The standard InChI is InChI=1S/C21H30ClN.C11H16.C2H6/c1-6-11-21(4,5)14-23-19-12-15(2)20(13-19)16(3)17-7-9-18(22)10-8-17;1-4-9(2)11-8-6-5-7-10(11)3;1-2/h7-10,19,23H,2,6,11-14H2,1,3-5H3;5-9H,4H2,1-3H3;1-2H3/b20-16+;;. The molecule has 0 aliphatic heterocycles. The Labute approximate surface area is 228 Å². The van der Waals surface area contributed by atoms with E-state index in [1.807, 2.05) is 26.0 Å². The fourth-order valence-electron chi connectivity index (χ4n) is 4.87. The molecule has 0 spiro atoms. The smallest absolute Gasteiger partial charge is 0.0406 e. The zero-order chi connectivity index (χ0) is 27.3. The molecule has 36 heavy (non-hydrogen) atoms. The van der Waals surface area contributed by atoms with Gasteiger partial charge in [0.2, 0.25) is 0 Å². The minimum atomic E-state index is 0.369. The van der Waals surface area contributed by atoms with Gasteiger partial charge in [-0.2, -0.15) is 0 Å². The van der Waals surface area contributed by atoms with Crippen LogP contribution in [0.1, 0.15) is 110 Å². The molecule has 1 fully saturated rings. The van der Waals surface area contributed by atoms with E-state index in [9.17, 15) is 0 Å². The molecule has 200 valence electrons. The summed E-state index contributed by atoms with van der Waals surface area (Å²) < 4.78 is 0. The van der Waals surface area contributed by atoms with Crippen molar-refractivity contribution in [2.24, 2.45) is 5.41 Å². The molecule has 2 aromatic rings. The first-order valence-electron chi connectivity index (χ1n) is 14.0. The number of benzene rings is 2. The minimum absolute atomic E-state index is 0.369. The maximum absolute atomic E-state index is 5.99. The first-order chi connectivity index (χ1) is 17.1. The lowest BCUT2D eigenvalue weighted by molar-refractivity contribution is 0.296. The number of nitrogens with one attached hydrogen (secondary N) is 1. The molecule has 2 aromatic carbocycles. The van der Waals surface area contributed by atoms with Crippen LogP contribution in [0, 0.1) is 12.3 Å². The van der Waals surface area contributed by atoms with Gasteiger partial charge >= 0.3 is 0 Å². The van der Waals surface area contributed by atoms with Gasteiger partial charge in [0.05, 0.1) is 0 Å². The van der Waals surface area contributed by atoms with Crippen molar-refractivity contribution in [3.05, 3.63) is 88.0 Å². The first-order valence-corrected chi connectivity index (χ1v) is 14.4. The number of hydrogen-bond acceptors (Lipinski definition) is 1. The van der Waals surface area contributed by atoms with Crippen LogP contribution in [0.4, 0.5) is 0 Å². The van der Waals surface area contributed by atoms with Crippen LogP contribution in [0.25, 0.3) is 5.57 Å². The summed E-state index contributed by atoms with van der Waals surface area (Å²) in [7, 11) is 0. The first kappa shape index (κ1) is 32.2. The number of rotatable bonds is 8. The summed E-state index contributed by atoms with van der Waals surface area (Å²) >= 11 is 5.99. The minimum Gasteiger partial charge on any atom is -0.313 e. The van der Waals surface area contributed by atoms with Gasteiger partial charge in [0.25, 0.3) is 0 Å². The quantitative estimate of drug-likeness (QED) is 0.373. The molecule has 1 aliphatic carbocycles. The molecule has 0 heterocycles. The second kappa shape index (κ2) is 16.1. The average molecular weight is 510 g/mol. The molecule has 1 N–H and O–H groups in total. The summed E-state index contributed by atoms with van der Waals surface area (Å²) in [5, 5.41) is 4.55. The molecular weight excluding hydrogens is 458 g/mol. The van der Waals surface area contributed by atoms with E-state index in [2.05, 4.69) is 96.8 Å². The molecule has 2 heteroatoms. The third kappa shape index (κ3) is 10.3. The number of aryl methyl sites for hydroxylation is 1. The van der Waals surface area contributed by atoms with E-state index in [1.54, 1.807) is 0 Å². The van der Waals surface area contributed by atoms with Crippen molar-refractivity contribution >= 4 is 17.2 Å². The molecule has 1 aliphatic rings. The highest BCUT2D eigenvalue weighted by Crippen LogP contribution is 2.36. The van der Waals surface area contributed by atoms with Crippen LogP contribution in [-0.2, 0) is 0 Å². The van der Waals surface area contributed by atoms with Crippen molar-refractivity contribution in [1.29, 1.82) is 0 Å². The van der Waals surface area contributed by atoms with Crippen LogP contribution in [0.5, 0.6) is 0 Å². The Kier molecular flexibility index (Phi) is 14.4. The van der Waals surface area contributed by atoms with Crippen LogP contribution in [-0.4, -0.2) is 12.6 Å². The van der Waals surface area contributed by atoms with E-state index in [-0.39, 0.29) is 0 Å². The van der Waals surface area contributed by atoms with E-state index < -0.39 is 0 Å². The summed E-state index contributed by atoms with van der Waals surface area (Å²) in [6.45, 7) is 25.2. The Morgan fingerprint density at radius 1 is 1.06 bits per heavy atom. The van der Waals surface area contributed by atoms with E-state index >= 15 is 0 Å². The summed E-state index contributed by atoms with van der Waals surface area (Å²) in [6, 6.07) is 17.3. The van der Waals surface area contributed by atoms with Crippen LogP contribution >= 0.6 is 11.6 Å². The predicted molar refractivity (Wildman–Crippen MR) is 164 cm³/mol. The number of allylic oxidation sites excluding steroid dienone is 1. The molecule has 2 unspecified atom stereocenters. The number of halogens is 1. The van der Waals surface area contributed by atoms with E-state index in [4.69, 9.17) is 11.6 Å². The molecule has 1 nitrogen and oxygen atoms in total. The Balaban J connectivity index is 0.000000417. The summed E-state index contributed by atoms with van der Waals surface area (Å²) in [5.74, 6) is 0.705. The third-order valence-corrected chi connectivity index (χ3v) is 7.48. The highest BCUT2D eigenvalue weighted by molar-refractivity contribution is 6.30. The van der Waals surface area contributed by atoms with Crippen molar-refractivity contribution < 1.29 is 0 Å². The zero-order valence-corrected chi connectivity index (χ0v) is 25.4. The SMILES string of the molecule is C=C1CC(NCC(C)(C)CCC)C/C1=C(/C)c1ccc(Cl)cc1.CC.CCC(C)c1ccccc1C. The molecule has 0 radical (unpaired) electrons. The van der Waals surface area contributed by atoms with Gasteiger partial charge in [-0.05, 0) is 90.8 Å². The summed E-state index contributed by atoms with van der Waals surface area (Å²) in [6.07, 6.45) is 5.87. The summed E-state index contributed by atoms with van der Waals surface area (Å²) in [5.41, 5.74) is 8.56. The van der Waals surface area contributed by atoms with Gasteiger partial charge in [-0.1, -0.05) is 115 Å². The molecular formula is C34H52ClN. The molecule has 0 bridgehead atoms. The second-order valence-corrected chi connectivity index (χ2v) is 11.2. The Morgan fingerprint density at radius 3 is 2.22 bits per heavy atom. The highest BCUT2D eigenvalue weighted by Gasteiger charge is 2.26. The van der Waals surface area contributed by atoms with Crippen LogP contribution < -0.4 is 5.32 Å². The van der Waals surface area contributed by atoms with E-state index in [1.165, 1.54) is 52.7 Å². The molecule has 0 aromatic heterocycles. The molecule has 3 rings (SSSR count). The van der Waals surface area contributed by atoms with Crippen LogP contribution in [0.15, 0.2) is 66.3 Å². The fraction of sp³-hybridized carbons (Fsp3) is 0.529. The lowest BCUT2D eigenvalue weighted by Gasteiger charge is -2.26. The Hall–Kier alpha value is -1.83. The molecule has 0 amide bonds. The second-order valence-electron chi connectivity index (χ2n) is 10.8. The zero-order valence-electron chi connectivity index (χ0n) is 24.6. The van der Waals surface area contributed by atoms with Crippen molar-refractivity contribution in [3.63, 3.8) is 0 Å². The van der Waals surface area contributed by atoms with Crippen LogP contribution in [0.3, 0.4) is 0 Å².